The summed E-state index contributed by atoms with van der Waals surface area (Å²) in [5, 5.41) is 3.39. The molecule has 0 unspecified atom stereocenters. The SMILES string of the molecule is COc1ccc(NCc2cnc(Cl)s2)c(C)c1C. The third kappa shape index (κ3) is 2.76. The van der Waals surface area contributed by atoms with Crippen molar-refractivity contribution in [3.05, 3.63) is 38.8 Å². The number of aromatic nitrogens is 1. The first-order valence-corrected chi connectivity index (χ1v) is 6.79. The number of ether oxygens (including phenoxy) is 1. The second-order valence-electron chi connectivity index (χ2n) is 4.00. The number of thiazole rings is 1. The van der Waals surface area contributed by atoms with Crippen LogP contribution in [0, 0.1) is 13.8 Å². The van der Waals surface area contributed by atoms with E-state index in [1.54, 1.807) is 13.3 Å². The molecule has 0 aliphatic heterocycles. The molecule has 1 aromatic carbocycles. The first kappa shape index (κ1) is 13.2. The fraction of sp³-hybridized carbons (Fsp3) is 0.308. The summed E-state index contributed by atoms with van der Waals surface area (Å²) in [6.07, 6.45) is 1.80. The Balaban J connectivity index is 2.12. The Morgan fingerprint density at radius 3 is 2.72 bits per heavy atom. The minimum absolute atomic E-state index is 0.578. The quantitative estimate of drug-likeness (QED) is 0.919. The molecule has 1 aromatic heterocycles. The molecule has 0 aliphatic carbocycles. The van der Waals surface area contributed by atoms with Crippen LogP contribution < -0.4 is 10.1 Å². The van der Waals surface area contributed by atoms with Gasteiger partial charge in [-0.1, -0.05) is 11.6 Å². The Kier molecular flexibility index (Phi) is 4.09. The second-order valence-corrected chi connectivity index (χ2v) is 5.70. The first-order chi connectivity index (χ1) is 8.61. The van der Waals surface area contributed by atoms with Crippen LogP contribution in [0.15, 0.2) is 18.3 Å². The highest BCUT2D eigenvalue weighted by atomic mass is 35.5. The van der Waals surface area contributed by atoms with E-state index >= 15 is 0 Å². The molecule has 3 nitrogen and oxygen atoms in total. The van der Waals surface area contributed by atoms with Gasteiger partial charge < -0.3 is 10.1 Å². The van der Waals surface area contributed by atoms with E-state index < -0.39 is 0 Å². The highest BCUT2D eigenvalue weighted by Crippen LogP contribution is 2.28. The molecular formula is C13H15ClN2OS. The summed E-state index contributed by atoms with van der Waals surface area (Å²) < 4.78 is 5.87. The molecular weight excluding hydrogens is 268 g/mol. The van der Waals surface area contributed by atoms with Crippen molar-refractivity contribution in [2.45, 2.75) is 20.4 Å². The molecule has 1 heterocycles. The monoisotopic (exact) mass is 282 g/mol. The molecule has 1 N–H and O–H groups in total. The molecule has 0 fully saturated rings. The molecule has 0 amide bonds. The Hall–Kier alpha value is -1.26. The molecule has 0 radical (unpaired) electrons. The van der Waals surface area contributed by atoms with Gasteiger partial charge in [0.2, 0.25) is 0 Å². The predicted octanol–water partition coefficient (Wildman–Crippen LogP) is 4.03. The van der Waals surface area contributed by atoms with E-state index in [4.69, 9.17) is 16.3 Å². The van der Waals surface area contributed by atoms with Gasteiger partial charge in [-0.3, -0.25) is 0 Å². The number of rotatable bonds is 4. The maximum atomic E-state index is 5.80. The summed E-state index contributed by atoms with van der Waals surface area (Å²) in [6.45, 7) is 4.87. The van der Waals surface area contributed by atoms with E-state index in [1.165, 1.54) is 16.9 Å². The molecule has 5 heteroatoms. The van der Waals surface area contributed by atoms with Crippen LogP contribution in [0.4, 0.5) is 5.69 Å². The van der Waals surface area contributed by atoms with Crippen LogP contribution in [-0.4, -0.2) is 12.1 Å². The summed E-state index contributed by atoms with van der Waals surface area (Å²) in [4.78, 5) is 5.14. The van der Waals surface area contributed by atoms with E-state index in [-0.39, 0.29) is 0 Å². The second kappa shape index (κ2) is 5.59. The first-order valence-electron chi connectivity index (χ1n) is 5.60. The van der Waals surface area contributed by atoms with Crippen molar-refractivity contribution < 1.29 is 4.74 Å². The summed E-state index contributed by atoms with van der Waals surface area (Å²) >= 11 is 7.29. The van der Waals surface area contributed by atoms with Crippen molar-refractivity contribution in [1.29, 1.82) is 0 Å². The molecule has 96 valence electrons. The largest absolute Gasteiger partial charge is 0.496 e. The van der Waals surface area contributed by atoms with Crippen molar-refractivity contribution in [1.82, 2.24) is 4.98 Å². The summed E-state index contributed by atoms with van der Waals surface area (Å²) in [5.74, 6) is 0.916. The topological polar surface area (TPSA) is 34.1 Å². The molecule has 0 bridgehead atoms. The van der Waals surface area contributed by atoms with Crippen LogP contribution in [0.1, 0.15) is 16.0 Å². The van der Waals surface area contributed by atoms with Crippen LogP contribution in [0.2, 0.25) is 4.47 Å². The van der Waals surface area contributed by atoms with Crippen molar-refractivity contribution >= 4 is 28.6 Å². The number of nitrogens with one attached hydrogen (secondary N) is 1. The van der Waals surface area contributed by atoms with Gasteiger partial charge in [-0.2, -0.15) is 0 Å². The van der Waals surface area contributed by atoms with Crippen molar-refractivity contribution in [3.8, 4) is 5.75 Å². The maximum absolute atomic E-state index is 5.80. The molecule has 0 aliphatic rings. The average molecular weight is 283 g/mol. The smallest absolute Gasteiger partial charge is 0.183 e. The third-order valence-corrected chi connectivity index (χ3v) is 4.05. The zero-order valence-electron chi connectivity index (χ0n) is 10.6. The van der Waals surface area contributed by atoms with Crippen molar-refractivity contribution in [2.75, 3.05) is 12.4 Å². The maximum Gasteiger partial charge on any atom is 0.183 e. The van der Waals surface area contributed by atoms with E-state index in [2.05, 4.69) is 24.1 Å². The lowest BCUT2D eigenvalue weighted by molar-refractivity contribution is 0.411. The molecule has 2 aromatic rings. The fourth-order valence-corrected chi connectivity index (χ4v) is 2.67. The molecule has 0 saturated heterocycles. The zero-order chi connectivity index (χ0) is 13.1. The Morgan fingerprint density at radius 2 is 2.11 bits per heavy atom. The van der Waals surface area contributed by atoms with Gasteiger partial charge >= 0.3 is 0 Å². The van der Waals surface area contributed by atoms with Crippen LogP contribution in [-0.2, 0) is 6.54 Å². The minimum Gasteiger partial charge on any atom is -0.496 e. The van der Waals surface area contributed by atoms with E-state index in [0.29, 0.717) is 4.47 Å². The van der Waals surface area contributed by atoms with Crippen LogP contribution in [0.3, 0.4) is 0 Å². The van der Waals surface area contributed by atoms with Gasteiger partial charge in [0.05, 0.1) is 13.7 Å². The highest BCUT2D eigenvalue weighted by Gasteiger charge is 2.07. The molecule has 2 rings (SSSR count). The van der Waals surface area contributed by atoms with Crippen molar-refractivity contribution in [2.24, 2.45) is 0 Å². The number of halogens is 1. The standard InChI is InChI=1S/C13H15ClN2OS/c1-8-9(2)12(17-3)5-4-11(8)15-6-10-7-16-13(14)18-10/h4-5,7,15H,6H2,1-3H3. The third-order valence-electron chi connectivity index (χ3n) is 2.94. The van der Waals surface area contributed by atoms with Gasteiger partial charge in [-0.25, -0.2) is 4.98 Å². The van der Waals surface area contributed by atoms with Gasteiger partial charge in [-0.05, 0) is 37.1 Å². The minimum atomic E-state index is 0.578. The lowest BCUT2D eigenvalue weighted by Gasteiger charge is -2.13. The average Bonchev–Trinajstić information content (AvgIpc) is 2.77. The van der Waals surface area contributed by atoms with Gasteiger partial charge in [0.25, 0.3) is 0 Å². The van der Waals surface area contributed by atoms with E-state index in [1.807, 2.05) is 12.1 Å². The van der Waals surface area contributed by atoms with Crippen LogP contribution in [0.25, 0.3) is 0 Å². The van der Waals surface area contributed by atoms with E-state index in [9.17, 15) is 0 Å². The number of methoxy groups -OCH3 is 1. The Morgan fingerprint density at radius 1 is 1.33 bits per heavy atom. The number of hydrogen-bond acceptors (Lipinski definition) is 4. The number of nitrogens with zero attached hydrogens (tertiary/aromatic N) is 1. The number of anilines is 1. The predicted molar refractivity (Wildman–Crippen MR) is 76.9 cm³/mol. The Labute approximate surface area is 116 Å². The molecule has 0 saturated carbocycles. The molecule has 0 spiro atoms. The van der Waals surface area contributed by atoms with Gasteiger partial charge in [0.15, 0.2) is 4.47 Å². The van der Waals surface area contributed by atoms with E-state index in [0.717, 1.165) is 28.4 Å². The normalized spacial score (nSPS) is 10.4. The summed E-state index contributed by atoms with van der Waals surface area (Å²) in [6, 6.07) is 4.01. The number of hydrogen-bond donors (Lipinski definition) is 1. The van der Waals surface area contributed by atoms with Crippen LogP contribution >= 0.6 is 22.9 Å². The fourth-order valence-electron chi connectivity index (χ4n) is 1.76. The van der Waals surface area contributed by atoms with Gasteiger partial charge in [0, 0.05) is 16.8 Å². The summed E-state index contributed by atoms with van der Waals surface area (Å²) in [7, 11) is 1.69. The highest BCUT2D eigenvalue weighted by molar-refractivity contribution is 7.15. The lowest BCUT2D eigenvalue weighted by atomic mass is 10.1. The Bertz CT molecular complexity index is 554. The van der Waals surface area contributed by atoms with Gasteiger partial charge in [-0.15, -0.1) is 11.3 Å². The zero-order valence-corrected chi connectivity index (χ0v) is 12.2. The van der Waals surface area contributed by atoms with Gasteiger partial charge in [0.1, 0.15) is 5.75 Å². The van der Waals surface area contributed by atoms with Crippen LogP contribution in [0.5, 0.6) is 5.75 Å². The molecule has 0 atom stereocenters. The molecule has 18 heavy (non-hydrogen) atoms. The lowest BCUT2D eigenvalue weighted by Crippen LogP contribution is -2.01. The van der Waals surface area contributed by atoms with Crippen molar-refractivity contribution in [3.63, 3.8) is 0 Å². The summed E-state index contributed by atoms with van der Waals surface area (Å²) in [5.41, 5.74) is 3.47. The number of benzene rings is 1.